The first-order valence-corrected chi connectivity index (χ1v) is 4.13. The molecule has 0 aromatic carbocycles. The molecule has 0 spiro atoms. The summed E-state index contributed by atoms with van der Waals surface area (Å²) in [5.41, 5.74) is 0. The highest BCUT2D eigenvalue weighted by Crippen LogP contribution is 2.15. The minimum absolute atomic E-state index is 0.0812. The van der Waals surface area contributed by atoms with Crippen molar-refractivity contribution in [2.24, 2.45) is 0 Å². The zero-order valence-corrected chi connectivity index (χ0v) is 8.55. The summed E-state index contributed by atoms with van der Waals surface area (Å²) in [5, 5.41) is 0. The summed E-state index contributed by atoms with van der Waals surface area (Å²) in [4.78, 5) is 21.8. The number of hydrogen-bond donors (Lipinski definition) is 0. The van der Waals surface area contributed by atoms with Crippen LogP contribution in [0.25, 0.3) is 0 Å². The van der Waals surface area contributed by atoms with Crippen LogP contribution in [0, 0.1) is 0 Å². The lowest BCUT2D eigenvalue weighted by Crippen LogP contribution is -2.40. The maximum atomic E-state index is 11.8. The van der Waals surface area contributed by atoms with Crippen molar-refractivity contribution in [3.8, 4) is 0 Å². The summed E-state index contributed by atoms with van der Waals surface area (Å²) in [6, 6.07) is 0. The summed E-state index contributed by atoms with van der Waals surface area (Å²) in [6.45, 7) is -2.51. The van der Waals surface area contributed by atoms with Crippen molar-refractivity contribution in [2.45, 2.75) is 6.18 Å². The van der Waals surface area contributed by atoms with Crippen LogP contribution in [0.2, 0.25) is 0 Å². The molecule has 0 bridgehead atoms. The number of ether oxygens (including phenoxy) is 1. The van der Waals surface area contributed by atoms with Gasteiger partial charge >= 0.3 is 18.1 Å². The van der Waals surface area contributed by atoms with Gasteiger partial charge in [-0.1, -0.05) is 0 Å². The van der Waals surface area contributed by atoms with Crippen LogP contribution >= 0.6 is 0 Å². The molecule has 1 amide bonds. The highest BCUT2D eigenvalue weighted by Gasteiger charge is 2.33. The molecule has 9 heteroatoms. The molecule has 0 saturated heterocycles. The lowest BCUT2D eigenvalue weighted by molar-refractivity contribution is -0.169. The summed E-state index contributed by atoms with van der Waals surface area (Å²) in [5.74, 6) is -3.19. The molecular weight excluding hydrogens is 253 g/mol. The number of rotatable bonds is 3. The van der Waals surface area contributed by atoms with Gasteiger partial charge in [0, 0.05) is 13.1 Å². The van der Waals surface area contributed by atoms with E-state index in [1.165, 1.54) is 0 Å². The highest BCUT2D eigenvalue weighted by molar-refractivity contribution is 6.32. The van der Waals surface area contributed by atoms with Gasteiger partial charge in [0.05, 0.1) is 0 Å². The van der Waals surface area contributed by atoms with Gasteiger partial charge in [0.25, 0.3) is 6.08 Å². The van der Waals surface area contributed by atoms with E-state index in [9.17, 15) is 31.5 Å². The van der Waals surface area contributed by atoms with E-state index >= 15 is 0 Å². The van der Waals surface area contributed by atoms with E-state index in [4.69, 9.17) is 0 Å². The number of carbonyl (C=O) groups excluding carboxylic acids is 2. The molecule has 0 N–H and O–H groups in total. The van der Waals surface area contributed by atoms with Crippen LogP contribution in [0.1, 0.15) is 0 Å². The van der Waals surface area contributed by atoms with Gasteiger partial charge in [0.1, 0.15) is 13.2 Å². The molecule has 0 radical (unpaired) electrons. The Morgan fingerprint density at radius 3 is 2.24 bits per heavy atom. The Morgan fingerprint density at radius 2 is 1.82 bits per heavy atom. The molecule has 0 aliphatic rings. The molecule has 0 unspecified atom stereocenters. The Balaban J connectivity index is 4.22. The molecule has 0 saturated carbocycles. The third-order valence-electron chi connectivity index (χ3n) is 1.39. The number of amides is 1. The Bertz CT molecular complexity index is 322. The van der Waals surface area contributed by atoms with Crippen LogP contribution in [0.3, 0.4) is 0 Å². The van der Waals surface area contributed by atoms with Gasteiger partial charge in [0.15, 0.2) is 0 Å². The number of carbonyl (C=O) groups is 2. The Morgan fingerprint density at radius 1 is 1.29 bits per heavy atom. The Hall–Kier alpha value is -1.67. The van der Waals surface area contributed by atoms with E-state index < -0.39 is 37.3 Å². The summed E-state index contributed by atoms with van der Waals surface area (Å²) < 4.78 is 62.5. The minimum Gasteiger partial charge on any atom is -0.454 e. The monoisotopic (exact) mass is 261 g/mol. The smallest absolute Gasteiger partial charge is 0.406 e. The van der Waals surface area contributed by atoms with Crippen LogP contribution in [0.15, 0.2) is 12.2 Å². The fraction of sp³-hybridized carbons (Fsp3) is 0.500. The van der Waals surface area contributed by atoms with Crippen LogP contribution in [0.5, 0.6) is 0 Å². The van der Waals surface area contributed by atoms with Gasteiger partial charge in [-0.15, -0.1) is 0 Å². The van der Waals surface area contributed by atoms with E-state index in [0.717, 1.165) is 7.05 Å². The molecule has 0 aliphatic carbocycles. The van der Waals surface area contributed by atoms with E-state index in [-0.39, 0.29) is 11.0 Å². The van der Waals surface area contributed by atoms with Crippen molar-refractivity contribution in [2.75, 3.05) is 20.2 Å². The van der Waals surface area contributed by atoms with E-state index in [1.54, 1.807) is 0 Å². The fourth-order valence-corrected chi connectivity index (χ4v) is 0.739. The Kier molecular flexibility index (Phi) is 5.56. The largest absolute Gasteiger partial charge is 0.454 e. The van der Waals surface area contributed by atoms with Crippen molar-refractivity contribution >= 4 is 11.9 Å². The molecule has 0 heterocycles. The molecule has 17 heavy (non-hydrogen) atoms. The van der Waals surface area contributed by atoms with Crippen molar-refractivity contribution in [1.29, 1.82) is 0 Å². The molecule has 0 aliphatic heterocycles. The molecule has 0 atom stereocenters. The van der Waals surface area contributed by atoms with Crippen molar-refractivity contribution in [3.05, 3.63) is 12.2 Å². The zero-order chi connectivity index (χ0) is 13.6. The minimum atomic E-state index is -4.66. The third-order valence-corrected chi connectivity index (χ3v) is 1.39. The predicted octanol–water partition coefficient (Wildman–Crippen LogP) is 1.33. The standard InChI is InChI=1S/C8H8F5NO3/c1-14(4-8(11,12)13)6(15)7(16)17-3-2-5(9)10/h2H,3-4H2,1H3. The lowest BCUT2D eigenvalue weighted by atomic mass is 10.5. The Labute approximate surface area is 92.6 Å². The molecule has 0 aromatic heterocycles. The first-order chi connectivity index (χ1) is 7.63. The molecule has 4 nitrogen and oxygen atoms in total. The average molecular weight is 261 g/mol. The van der Waals surface area contributed by atoms with Crippen LogP contribution in [-0.2, 0) is 14.3 Å². The van der Waals surface area contributed by atoms with Crippen molar-refractivity contribution < 1.29 is 36.3 Å². The maximum absolute atomic E-state index is 11.8. The first kappa shape index (κ1) is 15.3. The zero-order valence-electron chi connectivity index (χ0n) is 8.55. The maximum Gasteiger partial charge on any atom is 0.406 e. The lowest BCUT2D eigenvalue weighted by Gasteiger charge is -2.17. The van der Waals surface area contributed by atoms with Crippen LogP contribution in [-0.4, -0.2) is 43.2 Å². The molecule has 0 rings (SSSR count). The summed E-state index contributed by atoms with van der Waals surface area (Å²) in [7, 11) is 0.739. The second-order valence-electron chi connectivity index (χ2n) is 2.87. The van der Waals surface area contributed by atoms with E-state index in [1.807, 2.05) is 0 Å². The predicted molar refractivity (Wildman–Crippen MR) is 45.0 cm³/mol. The normalized spacial score (nSPS) is 10.7. The second-order valence-corrected chi connectivity index (χ2v) is 2.87. The quantitative estimate of drug-likeness (QED) is 0.437. The number of esters is 1. The van der Waals surface area contributed by atoms with Gasteiger partial charge in [0.2, 0.25) is 0 Å². The van der Waals surface area contributed by atoms with Gasteiger partial charge in [-0.05, 0) is 0 Å². The number of nitrogens with zero attached hydrogens (tertiary/aromatic N) is 1. The number of hydrogen-bond acceptors (Lipinski definition) is 3. The van der Waals surface area contributed by atoms with Crippen LogP contribution < -0.4 is 0 Å². The second kappa shape index (κ2) is 6.16. The van der Waals surface area contributed by atoms with Crippen molar-refractivity contribution in [3.63, 3.8) is 0 Å². The van der Waals surface area contributed by atoms with Crippen molar-refractivity contribution in [1.82, 2.24) is 4.90 Å². The van der Waals surface area contributed by atoms with Gasteiger partial charge < -0.3 is 9.64 Å². The molecular formula is C8H8F5NO3. The number of likely N-dealkylation sites (N-methyl/N-ethyl adjacent to an activating group) is 1. The summed E-state index contributed by atoms with van der Waals surface area (Å²) in [6.07, 6.45) is -6.58. The topological polar surface area (TPSA) is 46.6 Å². The molecule has 98 valence electrons. The molecule has 0 fully saturated rings. The van der Waals surface area contributed by atoms with E-state index in [0.29, 0.717) is 0 Å². The molecule has 0 aromatic rings. The average Bonchev–Trinajstić information content (AvgIpc) is 2.13. The van der Waals surface area contributed by atoms with Gasteiger partial charge in [-0.3, -0.25) is 4.79 Å². The van der Waals surface area contributed by atoms with Crippen LogP contribution in [0.4, 0.5) is 22.0 Å². The SMILES string of the molecule is CN(CC(F)(F)F)C(=O)C(=O)OCC=C(F)F. The van der Waals surface area contributed by atoms with Gasteiger partial charge in [-0.2, -0.15) is 22.0 Å². The highest BCUT2D eigenvalue weighted by atomic mass is 19.4. The number of alkyl halides is 3. The first-order valence-electron chi connectivity index (χ1n) is 4.13. The summed E-state index contributed by atoms with van der Waals surface area (Å²) >= 11 is 0. The van der Waals surface area contributed by atoms with E-state index in [2.05, 4.69) is 4.74 Å². The van der Waals surface area contributed by atoms with Gasteiger partial charge in [-0.25, -0.2) is 4.79 Å². The number of halogens is 5. The third kappa shape index (κ3) is 7.25. The fourth-order valence-electron chi connectivity index (χ4n) is 0.739.